The Morgan fingerprint density at radius 3 is 2.61 bits per heavy atom. The van der Waals surface area contributed by atoms with Gasteiger partial charge in [0.1, 0.15) is 23.3 Å². The first kappa shape index (κ1) is 32.9. The molecule has 4 rings (SSSR count). The molecule has 3 N–H and O–H groups in total. The molecule has 10 heteroatoms. The van der Waals surface area contributed by atoms with Gasteiger partial charge in [0, 0.05) is 44.4 Å². The third-order valence-corrected chi connectivity index (χ3v) is 7.36. The van der Waals surface area contributed by atoms with Crippen LogP contribution in [0, 0.1) is 0 Å². The Morgan fingerprint density at radius 2 is 1.84 bits per heavy atom. The number of amides is 1. The lowest BCUT2D eigenvalue weighted by Crippen LogP contribution is -2.41. The fourth-order valence-electron chi connectivity index (χ4n) is 5.17. The topological polar surface area (TPSA) is 121 Å². The molecule has 1 aliphatic rings. The average molecular weight is 602 g/mol. The minimum absolute atomic E-state index is 0.0535. The van der Waals surface area contributed by atoms with Crippen molar-refractivity contribution in [3.8, 4) is 11.3 Å². The highest BCUT2D eigenvalue weighted by atomic mass is 16.6. The van der Waals surface area contributed by atoms with E-state index in [-0.39, 0.29) is 11.9 Å². The molecule has 1 amide bonds. The first-order valence-corrected chi connectivity index (χ1v) is 15.7. The Bertz CT molecular complexity index is 1360. The molecular weight excluding hydrogens is 554 g/mol. The third-order valence-electron chi connectivity index (χ3n) is 7.36. The van der Waals surface area contributed by atoms with Gasteiger partial charge in [0.2, 0.25) is 5.91 Å². The molecule has 236 valence electrons. The first-order chi connectivity index (χ1) is 21.2. The second-order valence-electron chi connectivity index (χ2n) is 12.3. The zero-order valence-corrected chi connectivity index (χ0v) is 26.6. The van der Waals surface area contributed by atoms with E-state index in [9.17, 15) is 9.59 Å². The van der Waals surface area contributed by atoms with Crippen molar-refractivity contribution in [3.63, 3.8) is 0 Å². The van der Waals surface area contributed by atoms with Crippen molar-refractivity contribution in [2.45, 2.75) is 77.9 Å². The summed E-state index contributed by atoms with van der Waals surface area (Å²) in [5.74, 6) is 1.16. The molecule has 1 unspecified atom stereocenters. The molecule has 0 bridgehead atoms. The van der Waals surface area contributed by atoms with E-state index >= 15 is 0 Å². The van der Waals surface area contributed by atoms with Crippen LogP contribution in [0.4, 0.5) is 11.6 Å². The molecule has 0 spiro atoms. The number of nitrogens with one attached hydrogen (secondary N) is 3. The van der Waals surface area contributed by atoms with Crippen molar-refractivity contribution in [2.24, 2.45) is 0 Å². The van der Waals surface area contributed by atoms with Gasteiger partial charge in [0.05, 0.1) is 18.1 Å². The van der Waals surface area contributed by atoms with Gasteiger partial charge in [-0.3, -0.25) is 9.78 Å². The number of benzene rings is 1. The predicted molar refractivity (Wildman–Crippen MR) is 174 cm³/mol. The maximum Gasteiger partial charge on any atom is 0.329 e. The molecule has 3 aromatic rings. The number of rotatable bonds is 15. The number of anilines is 2. The van der Waals surface area contributed by atoms with Crippen molar-refractivity contribution < 1.29 is 14.3 Å². The number of esters is 1. The minimum Gasteiger partial charge on any atom is -0.458 e. The number of nitrogens with zero attached hydrogens (tertiary/aromatic N) is 4. The number of carbonyl (C=O) groups is 2. The molecular formula is C34H47N7O3. The van der Waals surface area contributed by atoms with E-state index in [2.05, 4.69) is 38.0 Å². The number of aryl methyl sites for hydroxylation is 2. The van der Waals surface area contributed by atoms with Gasteiger partial charge in [0.15, 0.2) is 0 Å². The van der Waals surface area contributed by atoms with Crippen molar-refractivity contribution in [1.82, 2.24) is 25.2 Å². The standard InChI is InChI=1S/C34H47N7O3/c1-25(42)36-19-22-41(20-9-8-14-28-16-15-27-13-10-18-37-32(27)38-28)21-17-29(33(43)44-34(2,3)4)39-31-24-35-23-30(40-31)26-11-6-5-7-12-26/h5-7,11-12,15-16,23-24,29H,8-10,13-14,17-22H2,1-4H3,(H,36,42)(H,37,38)(H,39,40). The van der Waals surface area contributed by atoms with Gasteiger partial charge in [-0.2, -0.15) is 0 Å². The lowest BCUT2D eigenvalue weighted by Gasteiger charge is -2.28. The zero-order chi connectivity index (χ0) is 31.4. The largest absolute Gasteiger partial charge is 0.458 e. The van der Waals surface area contributed by atoms with Gasteiger partial charge in [0.25, 0.3) is 0 Å². The average Bonchev–Trinajstić information content (AvgIpc) is 3.00. The van der Waals surface area contributed by atoms with E-state index in [4.69, 9.17) is 14.7 Å². The van der Waals surface area contributed by atoms with Gasteiger partial charge in [-0.1, -0.05) is 36.4 Å². The normalized spacial score (nSPS) is 13.5. The van der Waals surface area contributed by atoms with E-state index in [0.29, 0.717) is 31.9 Å². The molecule has 2 aromatic heterocycles. The third kappa shape index (κ3) is 10.9. The van der Waals surface area contributed by atoms with Crippen molar-refractivity contribution >= 4 is 23.5 Å². The smallest absolute Gasteiger partial charge is 0.329 e. The molecule has 44 heavy (non-hydrogen) atoms. The van der Waals surface area contributed by atoms with Crippen LogP contribution in [-0.2, 0) is 27.2 Å². The Labute approximate surface area is 261 Å². The summed E-state index contributed by atoms with van der Waals surface area (Å²) in [6.45, 7) is 10.8. The van der Waals surface area contributed by atoms with Crippen molar-refractivity contribution in [3.05, 3.63) is 66.1 Å². The second-order valence-corrected chi connectivity index (χ2v) is 12.3. The van der Waals surface area contributed by atoms with Crippen molar-refractivity contribution in [1.29, 1.82) is 0 Å². The quantitative estimate of drug-likeness (QED) is 0.165. The number of carbonyl (C=O) groups excluding carboxylic acids is 2. The summed E-state index contributed by atoms with van der Waals surface area (Å²) in [5, 5.41) is 9.61. The predicted octanol–water partition coefficient (Wildman–Crippen LogP) is 4.87. The highest BCUT2D eigenvalue weighted by molar-refractivity contribution is 5.79. The number of hydrogen-bond donors (Lipinski definition) is 3. The fourth-order valence-corrected chi connectivity index (χ4v) is 5.17. The van der Waals surface area contributed by atoms with E-state index in [1.54, 1.807) is 12.4 Å². The van der Waals surface area contributed by atoms with E-state index in [1.165, 1.54) is 12.5 Å². The molecule has 1 aliphatic heterocycles. The molecule has 0 aliphatic carbocycles. The monoisotopic (exact) mass is 601 g/mol. The Balaban J connectivity index is 1.38. The summed E-state index contributed by atoms with van der Waals surface area (Å²) in [6, 6.07) is 13.5. The summed E-state index contributed by atoms with van der Waals surface area (Å²) < 4.78 is 5.78. The molecule has 1 atom stereocenters. The highest BCUT2D eigenvalue weighted by Crippen LogP contribution is 2.21. The molecule has 0 saturated carbocycles. The van der Waals surface area contributed by atoms with Gasteiger partial charge in [-0.05, 0) is 77.5 Å². The van der Waals surface area contributed by atoms with Gasteiger partial charge < -0.3 is 25.6 Å². The maximum absolute atomic E-state index is 13.3. The SMILES string of the molecule is CC(=O)NCCN(CCCCc1ccc2c(n1)NCCC2)CCC(Nc1cncc(-c2ccccc2)n1)C(=O)OC(C)(C)C. The van der Waals surface area contributed by atoms with Crippen LogP contribution >= 0.6 is 0 Å². The van der Waals surface area contributed by atoms with Crippen LogP contribution < -0.4 is 16.0 Å². The Kier molecular flexibility index (Phi) is 12.1. The van der Waals surface area contributed by atoms with Crippen LogP contribution in [0.2, 0.25) is 0 Å². The van der Waals surface area contributed by atoms with Crippen LogP contribution in [0.15, 0.2) is 54.9 Å². The van der Waals surface area contributed by atoms with E-state index in [0.717, 1.165) is 68.0 Å². The molecule has 0 radical (unpaired) electrons. The number of ether oxygens (including phenoxy) is 1. The fraction of sp³-hybridized carbons (Fsp3) is 0.500. The summed E-state index contributed by atoms with van der Waals surface area (Å²) in [7, 11) is 0. The summed E-state index contributed by atoms with van der Waals surface area (Å²) in [4.78, 5) is 41.1. The minimum atomic E-state index is -0.625. The number of pyridine rings is 1. The number of unbranched alkanes of at least 4 members (excludes halogenated alkanes) is 1. The summed E-state index contributed by atoms with van der Waals surface area (Å²) in [5.41, 5.74) is 3.45. The van der Waals surface area contributed by atoms with E-state index in [1.807, 2.05) is 51.1 Å². The molecule has 0 saturated heterocycles. The Morgan fingerprint density at radius 1 is 1.02 bits per heavy atom. The molecule has 10 nitrogen and oxygen atoms in total. The summed E-state index contributed by atoms with van der Waals surface area (Å²) >= 11 is 0. The molecule has 0 fully saturated rings. The van der Waals surface area contributed by atoms with Crippen LogP contribution in [0.25, 0.3) is 11.3 Å². The zero-order valence-electron chi connectivity index (χ0n) is 26.6. The van der Waals surface area contributed by atoms with Gasteiger partial charge in [-0.25, -0.2) is 14.8 Å². The van der Waals surface area contributed by atoms with Crippen LogP contribution in [-0.4, -0.2) is 76.1 Å². The number of fused-ring (bicyclic) bond motifs is 1. The second kappa shape index (κ2) is 16.1. The van der Waals surface area contributed by atoms with Crippen molar-refractivity contribution in [2.75, 3.05) is 43.4 Å². The van der Waals surface area contributed by atoms with Crippen LogP contribution in [0.5, 0.6) is 0 Å². The van der Waals surface area contributed by atoms with Gasteiger partial charge >= 0.3 is 5.97 Å². The lowest BCUT2D eigenvalue weighted by molar-refractivity contribution is -0.156. The van der Waals surface area contributed by atoms with E-state index < -0.39 is 11.6 Å². The highest BCUT2D eigenvalue weighted by Gasteiger charge is 2.26. The van der Waals surface area contributed by atoms with Gasteiger partial charge in [-0.15, -0.1) is 0 Å². The number of hydrogen-bond acceptors (Lipinski definition) is 9. The molecule has 1 aromatic carbocycles. The Hall–Kier alpha value is -4.05. The summed E-state index contributed by atoms with van der Waals surface area (Å²) in [6.07, 6.45) is 8.96. The van der Waals surface area contributed by atoms with Crippen LogP contribution in [0.1, 0.15) is 64.6 Å². The first-order valence-electron chi connectivity index (χ1n) is 15.7. The molecule has 3 heterocycles. The van der Waals surface area contributed by atoms with Crippen LogP contribution in [0.3, 0.4) is 0 Å². The lowest BCUT2D eigenvalue weighted by atomic mass is 10.1. The maximum atomic E-state index is 13.3. The number of aromatic nitrogens is 3.